The Kier molecular flexibility index (Phi) is 3.13. The molecule has 0 aromatic carbocycles. The van der Waals surface area contributed by atoms with Gasteiger partial charge in [-0.3, -0.25) is 0 Å². The van der Waals surface area contributed by atoms with Crippen molar-refractivity contribution in [2.45, 2.75) is 57.5 Å². The number of hydrogen-bond donors (Lipinski definition) is 1. The molecular formula is C12H24N2. The lowest BCUT2D eigenvalue weighted by molar-refractivity contribution is 0.101. The van der Waals surface area contributed by atoms with E-state index in [0.717, 1.165) is 6.04 Å². The van der Waals surface area contributed by atoms with Crippen LogP contribution in [0.2, 0.25) is 0 Å². The first-order valence-electron chi connectivity index (χ1n) is 6.16. The van der Waals surface area contributed by atoms with Crippen LogP contribution in [0.25, 0.3) is 0 Å². The van der Waals surface area contributed by atoms with E-state index in [9.17, 15) is 0 Å². The smallest absolute Gasteiger partial charge is 0.0140 e. The zero-order valence-electron chi connectivity index (χ0n) is 9.68. The maximum absolute atomic E-state index is 3.60. The quantitative estimate of drug-likeness (QED) is 0.690. The van der Waals surface area contributed by atoms with Gasteiger partial charge in [0, 0.05) is 11.6 Å². The Bertz CT molecular complexity index is 183. The zero-order chi connectivity index (χ0) is 10.0. The van der Waals surface area contributed by atoms with Gasteiger partial charge in [0.05, 0.1) is 0 Å². The Hall–Kier alpha value is -0.0800. The number of hydrogen-bond acceptors (Lipinski definition) is 2. The van der Waals surface area contributed by atoms with Crippen LogP contribution in [0.3, 0.4) is 0 Å². The summed E-state index contributed by atoms with van der Waals surface area (Å²) in [6, 6.07) is 0.853. The SMILES string of the molecule is CC1(C)CC(N2CCCCC2)CCN1. The summed E-state index contributed by atoms with van der Waals surface area (Å²) in [4.78, 5) is 2.73. The minimum absolute atomic E-state index is 0.361. The van der Waals surface area contributed by atoms with Gasteiger partial charge in [-0.25, -0.2) is 0 Å². The molecule has 2 aliphatic rings. The largest absolute Gasteiger partial charge is 0.312 e. The van der Waals surface area contributed by atoms with Crippen LogP contribution in [0.1, 0.15) is 46.0 Å². The predicted octanol–water partition coefficient (Wildman–Crippen LogP) is 2.00. The maximum Gasteiger partial charge on any atom is 0.0140 e. The van der Waals surface area contributed by atoms with E-state index in [4.69, 9.17) is 0 Å². The first-order valence-corrected chi connectivity index (χ1v) is 6.16. The second-order valence-corrected chi connectivity index (χ2v) is 5.55. The second kappa shape index (κ2) is 4.19. The molecule has 2 nitrogen and oxygen atoms in total. The van der Waals surface area contributed by atoms with Crippen molar-refractivity contribution in [1.82, 2.24) is 10.2 Å². The van der Waals surface area contributed by atoms with Crippen molar-refractivity contribution in [2.75, 3.05) is 19.6 Å². The summed E-state index contributed by atoms with van der Waals surface area (Å²) < 4.78 is 0. The lowest BCUT2D eigenvalue weighted by Gasteiger charge is -2.43. The first kappa shape index (κ1) is 10.4. The summed E-state index contributed by atoms with van der Waals surface area (Å²) in [5.74, 6) is 0. The molecule has 0 spiro atoms. The normalized spacial score (nSPS) is 34.3. The van der Waals surface area contributed by atoms with E-state index < -0.39 is 0 Å². The van der Waals surface area contributed by atoms with Gasteiger partial charge >= 0.3 is 0 Å². The van der Waals surface area contributed by atoms with Gasteiger partial charge in [0.1, 0.15) is 0 Å². The maximum atomic E-state index is 3.60. The Labute approximate surface area is 88.1 Å². The van der Waals surface area contributed by atoms with Crippen molar-refractivity contribution in [3.63, 3.8) is 0 Å². The minimum Gasteiger partial charge on any atom is -0.312 e. The fraction of sp³-hybridized carbons (Fsp3) is 1.00. The van der Waals surface area contributed by atoms with E-state index in [1.165, 1.54) is 51.7 Å². The van der Waals surface area contributed by atoms with Crippen molar-refractivity contribution in [1.29, 1.82) is 0 Å². The summed E-state index contributed by atoms with van der Waals surface area (Å²) in [6.07, 6.45) is 6.97. The molecule has 1 N–H and O–H groups in total. The number of piperidine rings is 2. The fourth-order valence-corrected chi connectivity index (χ4v) is 2.94. The molecule has 0 saturated carbocycles. The van der Waals surface area contributed by atoms with Gasteiger partial charge in [-0.15, -0.1) is 0 Å². The lowest BCUT2D eigenvalue weighted by Crippen LogP contribution is -2.54. The average Bonchev–Trinajstić information content (AvgIpc) is 2.18. The van der Waals surface area contributed by atoms with E-state index >= 15 is 0 Å². The van der Waals surface area contributed by atoms with E-state index in [1.54, 1.807) is 0 Å². The third-order valence-corrected chi connectivity index (χ3v) is 3.73. The molecule has 14 heavy (non-hydrogen) atoms. The Morgan fingerprint density at radius 1 is 1.14 bits per heavy atom. The van der Waals surface area contributed by atoms with Crippen molar-refractivity contribution < 1.29 is 0 Å². The Balaban J connectivity index is 1.89. The standard InChI is InChI=1S/C12H24N2/c1-12(2)10-11(6-7-13-12)14-8-4-3-5-9-14/h11,13H,3-10H2,1-2H3. The molecule has 82 valence electrons. The van der Waals surface area contributed by atoms with Gasteiger partial charge in [-0.2, -0.15) is 0 Å². The van der Waals surface area contributed by atoms with Crippen LogP contribution in [-0.2, 0) is 0 Å². The third kappa shape index (κ3) is 2.48. The zero-order valence-corrected chi connectivity index (χ0v) is 9.68. The van der Waals surface area contributed by atoms with Gasteiger partial charge in [0.25, 0.3) is 0 Å². The summed E-state index contributed by atoms with van der Waals surface area (Å²) in [5, 5.41) is 3.60. The van der Waals surface area contributed by atoms with Gasteiger partial charge in [-0.1, -0.05) is 6.42 Å². The molecular weight excluding hydrogens is 172 g/mol. The van der Waals surface area contributed by atoms with Gasteiger partial charge in [-0.05, 0) is 59.2 Å². The molecule has 2 saturated heterocycles. The molecule has 0 radical (unpaired) electrons. The summed E-state index contributed by atoms with van der Waals surface area (Å²) in [5.41, 5.74) is 0.361. The molecule has 2 aliphatic heterocycles. The highest BCUT2D eigenvalue weighted by Crippen LogP contribution is 2.25. The highest BCUT2D eigenvalue weighted by molar-refractivity contribution is 4.91. The summed E-state index contributed by atoms with van der Waals surface area (Å²) in [6.45, 7) is 8.57. The molecule has 2 rings (SSSR count). The van der Waals surface area contributed by atoms with E-state index in [1.807, 2.05) is 0 Å². The molecule has 0 bridgehead atoms. The average molecular weight is 196 g/mol. The summed E-state index contributed by atoms with van der Waals surface area (Å²) >= 11 is 0. The van der Waals surface area contributed by atoms with Crippen LogP contribution in [0.4, 0.5) is 0 Å². The van der Waals surface area contributed by atoms with Crippen molar-refractivity contribution in [3.8, 4) is 0 Å². The van der Waals surface area contributed by atoms with Crippen LogP contribution in [-0.4, -0.2) is 36.1 Å². The van der Waals surface area contributed by atoms with Crippen LogP contribution in [0, 0.1) is 0 Å². The molecule has 2 fully saturated rings. The monoisotopic (exact) mass is 196 g/mol. The topological polar surface area (TPSA) is 15.3 Å². The molecule has 0 aliphatic carbocycles. The molecule has 0 aromatic heterocycles. The molecule has 2 heteroatoms. The lowest BCUT2D eigenvalue weighted by atomic mass is 9.87. The van der Waals surface area contributed by atoms with Gasteiger partial charge < -0.3 is 10.2 Å². The third-order valence-electron chi connectivity index (χ3n) is 3.73. The highest BCUT2D eigenvalue weighted by atomic mass is 15.2. The fourth-order valence-electron chi connectivity index (χ4n) is 2.94. The van der Waals surface area contributed by atoms with Crippen molar-refractivity contribution >= 4 is 0 Å². The number of nitrogens with zero attached hydrogens (tertiary/aromatic N) is 1. The number of likely N-dealkylation sites (tertiary alicyclic amines) is 1. The van der Waals surface area contributed by atoms with Gasteiger partial charge in [0.2, 0.25) is 0 Å². The molecule has 0 aromatic rings. The van der Waals surface area contributed by atoms with Crippen LogP contribution < -0.4 is 5.32 Å². The molecule has 0 amide bonds. The van der Waals surface area contributed by atoms with E-state index in [0.29, 0.717) is 5.54 Å². The van der Waals surface area contributed by atoms with E-state index in [-0.39, 0.29) is 0 Å². The van der Waals surface area contributed by atoms with Crippen LogP contribution >= 0.6 is 0 Å². The van der Waals surface area contributed by atoms with Gasteiger partial charge in [0.15, 0.2) is 0 Å². The second-order valence-electron chi connectivity index (χ2n) is 5.55. The van der Waals surface area contributed by atoms with Crippen molar-refractivity contribution in [2.24, 2.45) is 0 Å². The predicted molar refractivity (Wildman–Crippen MR) is 60.5 cm³/mol. The molecule has 1 unspecified atom stereocenters. The molecule has 1 atom stereocenters. The minimum atomic E-state index is 0.361. The first-order chi connectivity index (χ1) is 6.67. The molecule has 2 heterocycles. The van der Waals surface area contributed by atoms with E-state index in [2.05, 4.69) is 24.1 Å². The Morgan fingerprint density at radius 2 is 1.86 bits per heavy atom. The van der Waals surface area contributed by atoms with Crippen molar-refractivity contribution in [3.05, 3.63) is 0 Å². The Morgan fingerprint density at radius 3 is 2.50 bits per heavy atom. The number of nitrogens with one attached hydrogen (secondary N) is 1. The van der Waals surface area contributed by atoms with Crippen LogP contribution in [0.15, 0.2) is 0 Å². The summed E-state index contributed by atoms with van der Waals surface area (Å²) in [7, 11) is 0. The highest BCUT2D eigenvalue weighted by Gasteiger charge is 2.31. The van der Waals surface area contributed by atoms with Crippen LogP contribution in [0.5, 0.6) is 0 Å². The number of rotatable bonds is 1.